The number of benzene rings is 1. The van der Waals surface area contributed by atoms with Gasteiger partial charge in [0.15, 0.2) is 0 Å². The molecule has 6 heteroatoms. The third-order valence-corrected chi connectivity index (χ3v) is 4.09. The van der Waals surface area contributed by atoms with Crippen molar-refractivity contribution < 1.29 is 9.50 Å². The molecule has 1 saturated heterocycles. The van der Waals surface area contributed by atoms with Gasteiger partial charge in [-0.2, -0.15) is 5.10 Å². The predicted octanol–water partition coefficient (Wildman–Crippen LogP) is 1.51. The van der Waals surface area contributed by atoms with Crippen LogP contribution in [0.4, 0.5) is 4.39 Å². The van der Waals surface area contributed by atoms with Gasteiger partial charge in [0, 0.05) is 45.5 Å². The number of halogens is 1. The number of hydrogen-bond acceptors (Lipinski definition) is 4. The highest BCUT2D eigenvalue weighted by Crippen LogP contribution is 2.12. The molecule has 0 spiro atoms. The van der Waals surface area contributed by atoms with E-state index in [-0.39, 0.29) is 11.9 Å². The summed E-state index contributed by atoms with van der Waals surface area (Å²) in [4.78, 5) is 4.64. The molecule has 0 unspecified atom stereocenters. The van der Waals surface area contributed by atoms with Gasteiger partial charge >= 0.3 is 0 Å². The second kappa shape index (κ2) is 7.21. The van der Waals surface area contributed by atoms with Crippen LogP contribution in [0.25, 0.3) is 5.69 Å². The molecule has 3 rings (SSSR count). The van der Waals surface area contributed by atoms with Crippen molar-refractivity contribution >= 4 is 0 Å². The molecule has 0 saturated carbocycles. The Kier molecular flexibility index (Phi) is 5.05. The summed E-state index contributed by atoms with van der Waals surface area (Å²) in [6, 6.07) is 8.42. The maximum absolute atomic E-state index is 13.3. The van der Waals surface area contributed by atoms with Gasteiger partial charge in [-0.25, -0.2) is 9.07 Å². The normalized spacial score (nSPS) is 18.2. The first-order chi connectivity index (χ1) is 11.1. The lowest BCUT2D eigenvalue weighted by Gasteiger charge is -2.34. The van der Waals surface area contributed by atoms with E-state index in [9.17, 15) is 9.50 Å². The van der Waals surface area contributed by atoms with Gasteiger partial charge in [-0.3, -0.25) is 9.80 Å². The molecule has 124 valence electrons. The van der Waals surface area contributed by atoms with Gasteiger partial charge in [0.1, 0.15) is 5.82 Å². The molecule has 0 amide bonds. The molecule has 23 heavy (non-hydrogen) atoms. The Hall–Kier alpha value is -1.76. The Balaban J connectivity index is 1.56. The summed E-state index contributed by atoms with van der Waals surface area (Å²) >= 11 is 0. The molecule has 1 aliphatic heterocycles. The maximum Gasteiger partial charge on any atom is 0.125 e. The summed E-state index contributed by atoms with van der Waals surface area (Å²) in [6.07, 6.45) is 1.59. The second-order valence-corrected chi connectivity index (χ2v) is 6.16. The SMILES string of the molecule is C[C@H](O)CN1CCN(Cc2ccn(-c3cccc(F)c3)n2)CC1. The number of aliphatic hydroxyl groups is 1. The van der Waals surface area contributed by atoms with E-state index >= 15 is 0 Å². The fraction of sp³-hybridized carbons (Fsp3) is 0.471. The molecular weight excluding hydrogens is 295 g/mol. The third-order valence-electron chi connectivity index (χ3n) is 4.09. The number of nitrogens with zero attached hydrogens (tertiary/aromatic N) is 4. The number of rotatable bonds is 5. The molecule has 5 nitrogen and oxygen atoms in total. The summed E-state index contributed by atoms with van der Waals surface area (Å²) in [5, 5.41) is 14.0. The van der Waals surface area contributed by atoms with Gasteiger partial charge in [0.2, 0.25) is 0 Å². The van der Waals surface area contributed by atoms with E-state index in [1.54, 1.807) is 10.7 Å². The van der Waals surface area contributed by atoms with Crippen molar-refractivity contribution in [3.63, 3.8) is 0 Å². The van der Waals surface area contributed by atoms with E-state index in [4.69, 9.17) is 0 Å². The molecule has 1 fully saturated rings. The number of aromatic nitrogens is 2. The Bertz CT molecular complexity index is 635. The fourth-order valence-electron chi connectivity index (χ4n) is 2.94. The molecule has 2 aromatic rings. The topological polar surface area (TPSA) is 44.5 Å². The quantitative estimate of drug-likeness (QED) is 0.908. The molecule has 1 atom stereocenters. The predicted molar refractivity (Wildman–Crippen MR) is 86.9 cm³/mol. The van der Waals surface area contributed by atoms with E-state index in [0.29, 0.717) is 0 Å². The van der Waals surface area contributed by atoms with Crippen LogP contribution in [0.2, 0.25) is 0 Å². The van der Waals surface area contributed by atoms with Crippen molar-refractivity contribution in [3.05, 3.63) is 48.0 Å². The van der Waals surface area contributed by atoms with Gasteiger partial charge in [-0.15, -0.1) is 0 Å². The van der Waals surface area contributed by atoms with Crippen molar-refractivity contribution in [2.45, 2.75) is 19.6 Å². The third kappa shape index (κ3) is 4.37. The van der Waals surface area contributed by atoms with Crippen LogP contribution < -0.4 is 0 Å². The highest BCUT2D eigenvalue weighted by atomic mass is 19.1. The summed E-state index contributed by atoms with van der Waals surface area (Å²) in [5.41, 5.74) is 1.72. The van der Waals surface area contributed by atoms with Crippen molar-refractivity contribution in [2.75, 3.05) is 32.7 Å². The van der Waals surface area contributed by atoms with Crippen molar-refractivity contribution in [1.29, 1.82) is 0 Å². The summed E-state index contributed by atoms with van der Waals surface area (Å²) in [7, 11) is 0. The van der Waals surface area contributed by atoms with Gasteiger partial charge in [-0.05, 0) is 31.2 Å². The lowest BCUT2D eigenvalue weighted by molar-refractivity contribution is 0.0776. The zero-order valence-electron chi connectivity index (χ0n) is 13.4. The van der Waals surface area contributed by atoms with E-state index in [1.807, 2.05) is 25.3 Å². The molecule has 1 aromatic carbocycles. The minimum Gasteiger partial charge on any atom is -0.392 e. The summed E-state index contributed by atoms with van der Waals surface area (Å²) < 4.78 is 15.0. The number of β-amino-alcohol motifs (C(OH)–C–C–N with tert-alkyl or cyclic N) is 1. The van der Waals surface area contributed by atoms with Gasteiger partial charge in [0.05, 0.1) is 17.5 Å². The Morgan fingerprint density at radius 2 is 1.91 bits per heavy atom. The molecule has 1 aromatic heterocycles. The zero-order chi connectivity index (χ0) is 16.2. The lowest BCUT2D eigenvalue weighted by Crippen LogP contribution is -2.47. The summed E-state index contributed by atoms with van der Waals surface area (Å²) in [6.45, 7) is 7.24. The molecule has 1 N–H and O–H groups in total. The molecule has 0 radical (unpaired) electrons. The zero-order valence-corrected chi connectivity index (χ0v) is 13.4. The highest BCUT2D eigenvalue weighted by molar-refractivity contribution is 5.31. The average Bonchev–Trinajstić information content (AvgIpc) is 2.97. The minimum atomic E-state index is -0.275. The standard InChI is InChI=1S/C17H23FN4O/c1-14(23)12-20-7-9-21(10-8-20)13-16-5-6-22(19-16)17-4-2-3-15(18)11-17/h2-6,11,14,23H,7-10,12-13H2,1H3/t14-/m0/s1. The summed E-state index contributed by atoms with van der Waals surface area (Å²) in [5.74, 6) is -0.256. The van der Waals surface area contributed by atoms with E-state index in [2.05, 4.69) is 14.9 Å². The Morgan fingerprint density at radius 3 is 2.61 bits per heavy atom. The van der Waals surface area contributed by atoms with E-state index < -0.39 is 0 Å². The number of hydrogen-bond donors (Lipinski definition) is 1. The monoisotopic (exact) mass is 318 g/mol. The van der Waals surface area contributed by atoms with E-state index in [1.165, 1.54) is 12.1 Å². The first-order valence-electron chi connectivity index (χ1n) is 8.03. The largest absolute Gasteiger partial charge is 0.392 e. The second-order valence-electron chi connectivity index (χ2n) is 6.16. The first kappa shape index (κ1) is 16.1. The van der Waals surface area contributed by atoms with Crippen LogP contribution in [0, 0.1) is 5.82 Å². The van der Waals surface area contributed by atoms with Crippen LogP contribution in [-0.4, -0.2) is 63.5 Å². The molecule has 2 heterocycles. The van der Waals surface area contributed by atoms with Crippen LogP contribution in [0.5, 0.6) is 0 Å². The van der Waals surface area contributed by atoms with Gasteiger partial charge in [-0.1, -0.05) is 6.07 Å². The Morgan fingerprint density at radius 1 is 1.17 bits per heavy atom. The number of piperazine rings is 1. The molecule has 0 bridgehead atoms. The maximum atomic E-state index is 13.3. The highest BCUT2D eigenvalue weighted by Gasteiger charge is 2.18. The lowest BCUT2D eigenvalue weighted by atomic mass is 10.2. The van der Waals surface area contributed by atoms with Crippen LogP contribution >= 0.6 is 0 Å². The van der Waals surface area contributed by atoms with Crippen molar-refractivity contribution in [2.24, 2.45) is 0 Å². The van der Waals surface area contributed by atoms with Crippen LogP contribution in [0.1, 0.15) is 12.6 Å². The van der Waals surface area contributed by atoms with Crippen LogP contribution in [-0.2, 0) is 6.54 Å². The molecule has 1 aliphatic rings. The molecular formula is C17H23FN4O. The van der Waals surface area contributed by atoms with Gasteiger partial charge in [0.25, 0.3) is 0 Å². The van der Waals surface area contributed by atoms with Crippen LogP contribution in [0.3, 0.4) is 0 Å². The van der Waals surface area contributed by atoms with Crippen molar-refractivity contribution in [1.82, 2.24) is 19.6 Å². The smallest absolute Gasteiger partial charge is 0.125 e. The van der Waals surface area contributed by atoms with Crippen molar-refractivity contribution in [3.8, 4) is 5.69 Å². The molecule has 0 aliphatic carbocycles. The minimum absolute atomic E-state index is 0.256. The fourth-order valence-corrected chi connectivity index (χ4v) is 2.94. The Labute approximate surface area is 135 Å². The van der Waals surface area contributed by atoms with E-state index in [0.717, 1.165) is 50.6 Å². The number of aliphatic hydroxyl groups excluding tert-OH is 1. The first-order valence-corrected chi connectivity index (χ1v) is 8.03. The average molecular weight is 318 g/mol. The van der Waals surface area contributed by atoms with Crippen LogP contribution in [0.15, 0.2) is 36.5 Å². The van der Waals surface area contributed by atoms with Gasteiger partial charge < -0.3 is 5.11 Å².